The molecular formula is C16H18LiO4P. The molecular weight excluding hydrogens is 294 g/mol. The SMILES string of the molecule is COc1ccc(PC(=O)c2c(OC)cccc2OC)cc1.[H-].[Li+]. The molecule has 0 aliphatic heterocycles. The van der Waals surface area contributed by atoms with Crippen molar-refractivity contribution in [2.75, 3.05) is 21.3 Å². The molecule has 0 amide bonds. The van der Waals surface area contributed by atoms with Gasteiger partial charge in [0.15, 0.2) is 5.52 Å². The first kappa shape index (κ1) is 18.6. The average molecular weight is 312 g/mol. The fraction of sp³-hybridized carbons (Fsp3) is 0.188. The molecule has 4 nitrogen and oxygen atoms in total. The summed E-state index contributed by atoms with van der Waals surface area (Å²) in [6.07, 6.45) is 0. The van der Waals surface area contributed by atoms with Gasteiger partial charge in [0.1, 0.15) is 22.8 Å². The molecule has 0 N–H and O–H groups in total. The number of benzene rings is 2. The Kier molecular flexibility index (Phi) is 7.48. The molecule has 112 valence electrons. The van der Waals surface area contributed by atoms with Gasteiger partial charge in [0, 0.05) is 0 Å². The Morgan fingerprint density at radius 1 is 0.909 bits per heavy atom. The Hall–Kier alpha value is -1.46. The van der Waals surface area contributed by atoms with Crippen molar-refractivity contribution < 1.29 is 39.3 Å². The van der Waals surface area contributed by atoms with Crippen molar-refractivity contribution in [1.29, 1.82) is 0 Å². The molecule has 0 saturated carbocycles. The van der Waals surface area contributed by atoms with Crippen LogP contribution in [0.15, 0.2) is 42.5 Å². The first-order chi connectivity index (χ1) is 10.2. The monoisotopic (exact) mass is 312 g/mol. The summed E-state index contributed by atoms with van der Waals surface area (Å²) in [7, 11) is 4.70. The molecule has 2 aromatic rings. The van der Waals surface area contributed by atoms with Crippen molar-refractivity contribution in [3.05, 3.63) is 48.0 Å². The summed E-state index contributed by atoms with van der Waals surface area (Å²) in [5.74, 6) is 1.83. The van der Waals surface area contributed by atoms with E-state index in [4.69, 9.17) is 14.2 Å². The van der Waals surface area contributed by atoms with Crippen molar-refractivity contribution in [2.45, 2.75) is 0 Å². The molecule has 0 bridgehead atoms. The number of hydrogen-bond donors (Lipinski definition) is 0. The second-order valence-corrected chi connectivity index (χ2v) is 5.50. The van der Waals surface area contributed by atoms with E-state index in [-0.39, 0.29) is 34.4 Å². The zero-order valence-corrected chi connectivity index (χ0v) is 14.2. The summed E-state index contributed by atoms with van der Waals surface area (Å²) in [6, 6.07) is 12.8. The van der Waals surface area contributed by atoms with E-state index in [0.717, 1.165) is 11.1 Å². The summed E-state index contributed by atoms with van der Waals surface area (Å²) in [4.78, 5) is 12.5. The second-order valence-electron chi connectivity index (χ2n) is 4.22. The van der Waals surface area contributed by atoms with Crippen LogP contribution in [0.5, 0.6) is 17.2 Å². The van der Waals surface area contributed by atoms with Gasteiger partial charge in [-0.1, -0.05) is 18.2 Å². The maximum Gasteiger partial charge on any atom is 1.00 e. The van der Waals surface area contributed by atoms with E-state index in [9.17, 15) is 4.79 Å². The van der Waals surface area contributed by atoms with Crippen LogP contribution in [0.4, 0.5) is 0 Å². The van der Waals surface area contributed by atoms with Crippen molar-refractivity contribution in [3.63, 3.8) is 0 Å². The van der Waals surface area contributed by atoms with Gasteiger partial charge in [-0.3, -0.25) is 4.79 Å². The van der Waals surface area contributed by atoms with E-state index in [1.807, 2.05) is 24.3 Å². The fourth-order valence-electron chi connectivity index (χ4n) is 1.94. The molecule has 0 aliphatic carbocycles. The Labute approximate surface area is 145 Å². The van der Waals surface area contributed by atoms with Gasteiger partial charge < -0.3 is 15.6 Å². The zero-order chi connectivity index (χ0) is 15.2. The minimum atomic E-state index is -0.0190. The number of methoxy groups -OCH3 is 3. The van der Waals surface area contributed by atoms with Crippen LogP contribution in [0.3, 0.4) is 0 Å². The van der Waals surface area contributed by atoms with E-state index < -0.39 is 0 Å². The van der Waals surface area contributed by atoms with Crippen molar-refractivity contribution in [1.82, 2.24) is 0 Å². The Morgan fingerprint density at radius 3 is 1.91 bits per heavy atom. The molecule has 0 spiro atoms. The van der Waals surface area contributed by atoms with Gasteiger partial charge in [-0.05, 0) is 38.2 Å². The minimum absolute atomic E-state index is 0. The van der Waals surface area contributed by atoms with Crippen LogP contribution < -0.4 is 38.4 Å². The smallest absolute Gasteiger partial charge is 1.00 e. The number of rotatable bonds is 6. The van der Waals surface area contributed by atoms with Crippen LogP contribution in [0.2, 0.25) is 0 Å². The summed E-state index contributed by atoms with van der Waals surface area (Å²) < 4.78 is 15.6. The minimum Gasteiger partial charge on any atom is -1.00 e. The molecule has 0 aromatic heterocycles. The number of carbonyl (C=O) groups is 1. The molecule has 0 aliphatic rings. The molecule has 2 rings (SSSR count). The second kappa shape index (κ2) is 8.85. The first-order valence-corrected chi connectivity index (χ1v) is 7.36. The molecule has 0 fully saturated rings. The molecule has 0 heterocycles. The van der Waals surface area contributed by atoms with Gasteiger partial charge in [-0.2, -0.15) is 0 Å². The van der Waals surface area contributed by atoms with E-state index in [1.165, 1.54) is 0 Å². The van der Waals surface area contributed by atoms with Crippen LogP contribution >= 0.6 is 8.58 Å². The van der Waals surface area contributed by atoms with E-state index in [1.54, 1.807) is 39.5 Å². The predicted octanol–water partition coefficient (Wildman–Crippen LogP) is -0.0269. The summed E-state index contributed by atoms with van der Waals surface area (Å²) in [6.45, 7) is 0. The fourth-order valence-corrected chi connectivity index (χ4v) is 2.91. The van der Waals surface area contributed by atoms with Crippen molar-refractivity contribution in [2.24, 2.45) is 0 Å². The molecule has 1 atom stereocenters. The van der Waals surface area contributed by atoms with Crippen molar-refractivity contribution in [3.8, 4) is 17.2 Å². The van der Waals surface area contributed by atoms with E-state index in [0.29, 0.717) is 17.1 Å². The average Bonchev–Trinajstić information content (AvgIpc) is 2.54. The topological polar surface area (TPSA) is 44.8 Å². The maximum absolute atomic E-state index is 12.5. The van der Waals surface area contributed by atoms with E-state index in [2.05, 4.69) is 0 Å². The zero-order valence-electron chi connectivity index (χ0n) is 14.2. The van der Waals surface area contributed by atoms with Crippen LogP contribution in [0.25, 0.3) is 0 Å². The standard InChI is InChI=1S/C16H17O4P.Li.H/c1-18-11-7-9-12(10-8-11)21-16(17)15-13(19-2)5-4-6-14(15)20-3;;/h4-10,21H,1-3H3;;/q;+1;-1. The normalized spacial score (nSPS) is 10.1. The number of carbonyl (C=O) groups excluding carboxylic acids is 1. The van der Waals surface area contributed by atoms with Crippen molar-refractivity contribution >= 4 is 19.4 Å². The van der Waals surface area contributed by atoms with Gasteiger partial charge in [0.2, 0.25) is 0 Å². The molecule has 0 radical (unpaired) electrons. The summed E-state index contributed by atoms with van der Waals surface area (Å²) in [5.41, 5.74) is 0.464. The Morgan fingerprint density at radius 2 is 1.45 bits per heavy atom. The third-order valence-electron chi connectivity index (χ3n) is 3.00. The first-order valence-electron chi connectivity index (χ1n) is 6.36. The molecule has 2 aromatic carbocycles. The van der Waals surface area contributed by atoms with Gasteiger partial charge in [0.05, 0.1) is 21.3 Å². The third kappa shape index (κ3) is 4.27. The van der Waals surface area contributed by atoms with E-state index >= 15 is 0 Å². The third-order valence-corrected chi connectivity index (χ3v) is 4.10. The molecule has 0 saturated heterocycles. The maximum atomic E-state index is 12.5. The van der Waals surface area contributed by atoms with Gasteiger partial charge in [0.25, 0.3) is 0 Å². The molecule has 6 heteroatoms. The number of hydrogen-bond acceptors (Lipinski definition) is 4. The van der Waals surface area contributed by atoms with Gasteiger partial charge in [-0.25, -0.2) is 0 Å². The van der Waals surface area contributed by atoms with Gasteiger partial charge in [-0.15, -0.1) is 0 Å². The van der Waals surface area contributed by atoms with Crippen LogP contribution in [-0.4, -0.2) is 26.9 Å². The molecule has 1 unspecified atom stereocenters. The van der Waals surface area contributed by atoms with Crippen LogP contribution in [0, 0.1) is 0 Å². The Bertz CT molecular complexity index is 612. The summed E-state index contributed by atoms with van der Waals surface area (Å²) in [5, 5.41) is 0.939. The number of ether oxygens (including phenoxy) is 3. The largest absolute Gasteiger partial charge is 1.00 e. The van der Waals surface area contributed by atoms with Gasteiger partial charge >= 0.3 is 18.9 Å². The summed E-state index contributed by atoms with van der Waals surface area (Å²) >= 11 is 0. The van der Waals surface area contributed by atoms with Crippen LogP contribution in [-0.2, 0) is 0 Å². The predicted molar refractivity (Wildman–Crippen MR) is 85.9 cm³/mol. The Balaban J connectivity index is 0.00000242. The quantitative estimate of drug-likeness (QED) is 0.555. The van der Waals surface area contributed by atoms with Crippen LogP contribution in [0.1, 0.15) is 11.8 Å². The molecule has 22 heavy (non-hydrogen) atoms.